The molecule has 2 aromatic rings. The monoisotopic (exact) mass is 376 g/mol. The fraction of sp³-hybridized carbons (Fsp3) is 0.211. The number of nitrogens with one attached hydrogen (secondary N) is 1. The van der Waals surface area contributed by atoms with Crippen molar-refractivity contribution in [2.45, 2.75) is 13.8 Å². The van der Waals surface area contributed by atoms with E-state index in [-0.39, 0.29) is 23.5 Å². The molecular formula is C19H18F2N2O4. The van der Waals surface area contributed by atoms with Crippen molar-refractivity contribution in [2.75, 3.05) is 23.4 Å². The number of nitrogens with zero attached hydrogens (tertiary/aromatic N) is 1. The van der Waals surface area contributed by atoms with Gasteiger partial charge < -0.3 is 15.0 Å². The molecule has 27 heavy (non-hydrogen) atoms. The molecule has 0 atom stereocenters. The summed E-state index contributed by atoms with van der Waals surface area (Å²) < 4.78 is 32.0. The van der Waals surface area contributed by atoms with Gasteiger partial charge in [0.05, 0.1) is 23.5 Å². The number of carbonyl (C=O) groups excluding carboxylic acids is 3. The Labute approximate surface area is 154 Å². The van der Waals surface area contributed by atoms with Gasteiger partial charge in [0.15, 0.2) is 0 Å². The van der Waals surface area contributed by atoms with Gasteiger partial charge in [-0.15, -0.1) is 0 Å². The van der Waals surface area contributed by atoms with Gasteiger partial charge >= 0.3 is 5.97 Å². The van der Waals surface area contributed by atoms with E-state index in [9.17, 15) is 23.2 Å². The summed E-state index contributed by atoms with van der Waals surface area (Å²) in [5.74, 6) is -3.64. The number of ether oxygens (including phenoxy) is 1. The Morgan fingerprint density at radius 1 is 1.11 bits per heavy atom. The molecule has 0 saturated heterocycles. The van der Waals surface area contributed by atoms with E-state index in [2.05, 4.69) is 5.32 Å². The second-order valence-corrected chi connectivity index (χ2v) is 5.52. The Hall–Kier alpha value is -3.29. The smallest absolute Gasteiger partial charge is 0.340 e. The maximum absolute atomic E-state index is 14.0. The van der Waals surface area contributed by atoms with Crippen molar-refractivity contribution in [1.82, 2.24) is 0 Å². The van der Waals surface area contributed by atoms with E-state index in [0.29, 0.717) is 6.07 Å². The Kier molecular flexibility index (Phi) is 6.59. The SMILES string of the molecule is CCOC(=O)c1ccccc1NC(=O)CN(C(C)=O)c1ccc(F)cc1F. The number of amides is 2. The summed E-state index contributed by atoms with van der Waals surface area (Å²) >= 11 is 0. The third-order valence-corrected chi connectivity index (χ3v) is 3.58. The molecule has 1 N–H and O–H groups in total. The average molecular weight is 376 g/mol. The second-order valence-electron chi connectivity index (χ2n) is 5.52. The Balaban J connectivity index is 2.20. The summed E-state index contributed by atoms with van der Waals surface area (Å²) in [7, 11) is 0. The molecule has 2 amide bonds. The number of hydrogen-bond acceptors (Lipinski definition) is 4. The molecule has 0 bridgehead atoms. The molecule has 8 heteroatoms. The molecule has 0 unspecified atom stereocenters. The van der Waals surface area contributed by atoms with Crippen LogP contribution >= 0.6 is 0 Å². The number of rotatable bonds is 6. The molecule has 0 fully saturated rings. The molecule has 2 aromatic carbocycles. The van der Waals surface area contributed by atoms with Crippen LogP contribution in [-0.4, -0.2) is 30.9 Å². The number of carbonyl (C=O) groups is 3. The van der Waals surface area contributed by atoms with E-state index in [0.717, 1.165) is 24.0 Å². The third kappa shape index (κ3) is 5.10. The number of esters is 1. The number of hydrogen-bond donors (Lipinski definition) is 1. The predicted octanol–water partition coefficient (Wildman–Crippen LogP) is 3.13. The number of halogens is 2. The van der Waals surface area contributed by atoms with E-state index in [1.54, 1.807) is 19.1 Å². The fourth-order valence-corrected chi connectivity index (χ4v) is 2.38. The quantitative estimate of drug-likeness (QED) is 0.786. The highest BCUT2D eigenvalue weighted by Crippen LogP contribution is 2.21. The summed E-state index contributed by atoms with van der Waals surface area (Å²) in [6, 6.07) is 8.89. The molecule has 0 aliphatic heterocycles. The first-order valence-corrected chi connectivity index (χ1v) is 8.12. The van der Waals surface area contributed by atoms with E-state index in [4.69, 9.17) is 4.74 Å². The van der Waals surface area contributed by atoms with Gasteiger partial charge in [-0.25, -0.2) is 13.6 Å². The first-order valence-electron chi connectivity index (χ1n) is 8.12. The van der Waals surface area contributed by atoms with Crippen molar-refractivity contribution in [3.8, 4) is 0 Å². The van der Waals surface area contributed by atoms with E-state index < -0.39 is 36.0 Å². The third-order valence-electron chi connectivity index (χ3n) is 3.58. The zero-order valence-corrected chi connectivity index (χ0v) is 14.8. The summed E-state index contributed by atoms with van der Waals surface area (Å²) in [6.45, 7) is 2.46. The van der Waals surface area contributed by atoms with Crippen molar-refractivity contribution in [3.63, 3.8) is 0 Å². The number of benzene rings is 2. The molecule has 2 rings (SSSR count). The zero-order valence-electron chi connectivity index (χ0n) is 14.8. The predicted molar refractivity (Wildman–Crippen MR) is 95.4 cm³/mol. The number of anilines is 2. The Morgan fingerprint density at radius 3 is 2.44 bits per heavy atom. The molecule has 0 spiro atoms. The van der Waals surface area contributed by atoms with Crippen LogP contribution < -0.4 is 10.2 Å². The van der Waals surface area contributed by atoms with Crippen molar-refractivity contribution >= 4 is 29.2 Å². The maximum Gasteiger partial charge on any atom is 0.340 e. The average Bonchev–Trinajstić information content (AvgIpc) is 2.60. The van der Waals surface area contributed by atoms with E-state index >= 15 is 0 Å². The summed E-state index contributed by atoms with van der Waals surface area (Å²) in [6.07, 6.45) is 0. The second kappa shape index (κ2) is 8.88. The molecule has 0 radical (unpaired) electrons. The first kappa shape index (κ1) is 20.0. The summed E-state index contributed by atoms with van der Waals surface area (Å²) in [5.41, 5.74) is 0.122. The van der Waals surface area contributed by atoms with Crippen LogP contribution in [0.2, 0.25) is 0 Å². The van der Waals surface area contributed by atoms with Gasteiger partial charge in [-0.3, -0.25) is 9.59 Å². The van der Waals surface area contributed by atoms with Crippen LogP contribution in [0.5, 0.6) is 0 Å². The molecule has 142 valence electrons. The van der Waals surface area contributed by atoms with Crippen LogP contribution in [0.25, 0.3) is 0 Å². The van der Waals surface area contributed by atoms with Gasteiger partial charge in [0, 0.05) is 13.0 Å². The van der Waals surface area contributed by atoms with Crippen LogP contribution in [0.4, 0.5) is 20.2 Å². The van der Waals surface area contributed by atoms with Gasteiger partial charge in [0.25, 0.3) is 0 Å². The van der Waals surface area contributed by atoms with Gasteiger partial charge in [-0.2, -0.15) is 0 Å². The van der Waals surface area contributed by atoms with Crippen LogP contribution in [0.15, 0.2) is 42.5 Å². The molecule has 0 aromatic heterocycles. The van der Waals surface area contributed by atoms with Gasteiger partial charge in [0.2, 0.25) is 11.8 Å². The lowest BCUT2D eigenvalue weighted by Crippen LogP contribution is -2.37. The lowest BCUT2D eigenvalue weighted by molar-refractivity contribution is -0.120. The minimum atomic E-state index is -0.968. The van der Waals surface area contributed by atoms with Crippen LogP contribution in [-0.2, 0) is 14.3 Å². The van der Waals surface area contributed by atoms with Crippen LogP contribution in [0.3, 0.4) is 0 Å². The minimum Gasteiger partial charge on any atom is -0.462 e. The molecule has 6 nitrogen and oxygen atoms in total. The summed E-state index contributed by atoms with van der Waals surface area (Å²) in [4.78, 5) is 37.0. The zero-order chi connectivity index (χ0) is 20.0. The largest absolute Gasteiger partial charge is 0.462 e. The highest BCUT2D eigenvalue weighted by molar-refractivity contribution is 6.05. The lowest BCUT2D eigenvalue weighted by Gasteiger charge is -2.21. The topological polar surface area (TPSA) is 75.7 Å². The molecule has 0 saturated carbocycles. The minimum absolute atomic E-state index is 0.148. The van der Waals surface area contributed by atoms with Crippen molar-refractivity contribution in [3.05, 3.63) is 59.7 Å². The standard InChI is InChI=1S/C19H18F2N2O4/c1-3-27-19(26)14-6-4-5-7-16(14)22-18(25)11-23(12(2)24)17-9-8-13(20)10-15(17)21/h4-10H,3,11H2,1-2H3,(H,22,25). The van der Waals surface area contributed by atoms with Crippen molar-refractivity contribution in [1.29, 1.82) is 0 Å². The molecule has 0 heterocycles. The van der Waals surface area contributed by atoms with Crippen molar-refractivity contribution < 1.29 is 27.9 Å². The van der Waals surface area contributed by atoms with Gasteiger partial charge in [-0.1, -0.05) is 12.1 Å². The Bertz CT molecular complexity index is 871. The van der Waals surface area contributed by atoms with E-state index in [1.165, 1.54) is 12.1 Å². The molecular weight excluding hydrogens is 358 g/mol. The highest BCUT2D eigenvalue weighted by atomic mass is 19.1. The lowest BCUT2D eigenvalue weighted by atomic mass is 10.1. The van der Waals surface area contributed by atoms with Crippen LogP contribution in [0.1, 0.15) is 24.2 Å². The number of para-hydroxylation sites is 1. The highest BCUT2D eigenvalue weighted by Gasteiger charge is 2.21. The van der Waals surface area contributed by atoms with Crippen molar-refractivity contribution in [2.24, 2.45) is 0 Å². The molecule has 0 aliphatic carbocycles. The normalized spacial score (nSPS) is 10.2. The first-order chi connectivity index (χ1) is 12.8. The Morgan fingerprint density at radius 2 is 1.81 bits per heavy atom. The van der Waals surface area contributed by atoms with Crippen LogP contribution in [0, 0.1) is 11.6 Å². The fourth-order valence-electron chi connectivity index (χ4n) is 2.38. The summed E-state index contributed by atoms with van der Waals surface area (Å²) in [5, 5.41) is 2.51. The maximum atomic E-state index is 14.0. The van der Waals surface area contributed by atoms with E-state index in [1.807, 2.05) is 0 Å². The van der Waals surface area contributed by atoms with Gasteiger partial charge in [-0.05, 0) is 31.2 Å². The van der Waals surface area contributed by atoms with Gasteiger partial charge in [0.1, 0.15) is 18.2 Å². The molecule has 0 aliphatic rings.